The van der Waals surface area contributed by atoms with Crippen molar-refractivity contribution < 1.29 is 4.39 Å². The van der Waals surface area contributed by atoms with Crippen LogP contribution < -0.4 is 0 Å². The summed E-state index contributed by atoms with van der Waals surface area (Å²) in [5.41, 5.74) is 3.42. The van der Waals surface area contributed by atoms with Gasteiger partial charge < -0.3 is 0 Å². The summed E-state index contributed by atoms with van der Waals surface area (Å²) in [6.45, 7) is 4.60. The van der Waals surface area contributed by atoms with Gasteiger partial charge in [0.05, 0.1) is 0 Å². The Balaban J connectivity index is 1.35. The lowest BCUT2D eigenvalue weighted by atomic mass is 9.63. The van der Waals surface area contributed by atoms with Crippen LogP contribution in [-0.2, 0) is 12.8 Å². The predicted molar refractivity (Wildman–Crippen MR) is 117 cm³/mol. The molecule has 5 unspecified atom stereocenters. The lowest BCUT2D eigenvalue weighted by Crippen LogP contribution is -2.31. The van der Waals surface area contributed by atoms with Gasteiger partial charge in [0.15, 0.2) is 0 Å². The van der Waals surface area contributed by atoms with Crippen LogP contribution in [0, 0.1) is 29.5 Å². The van der Waals surface area contributed by atoms with Crippen LogP contribution in [0.15, 0.2) is 12.1 Å². The van der Waals surface area contributed by atoms with Gasteiger partial charge >= 0.3 is 0 Å². The van der Waals surface area contributed by atoms with E-state index in [-0.39, 0.29) is 5.82 Å². The number of hydrogen-bond donors (Lipinski definition) is 0. The lowest BCUT2D eigenvalue weighted by Gasteiger charge is -2.42. The molecule has 3 aliphatic rings. The highest BCUT2D eigenvalue weighted by Crippen LogP contribution is 2.49. The zero-order valence-electron chi connectivity index (χ0n) is 18.3. The molecule has 1 aromatic rings. The van der Waals surface area contributed by atoms with Gasteiger partial charge in [-0.2, -0.15) is 0 Å². The van der Waals surface area contributed by atoms with Crippen molar-refractivity contribution in [2.24, 2.45) is 23.7 Å². The maximum atomic E-state index is 15.4. The second-order valence-electron chi connectivity index (χ2n) is 10.5. The van der Waals surface area contributed by atoms with Crippen LogP contribution in [-0.4, -0.2) is 0 Å². The Labute approximate surface area is 172 Å². The summed E-state index contributed by atoms with van der Waals surface area (Å²) in [4.78, 5) is 0. The smallest absolute Gasteiger partial charge is 0.130 e. The topological polar surface area (TPSA) is 0 Å². The van der Waals surface area contributed by atoms with E-state index in [0.717, 1.165) is 48.1 Å². The van der Waals surface area contributed by atoms with Crippen molar-refractivity contribution in [2.45, 2.75) is 110 Å². The fraction of sp³-hybridized carbons (Fsp3) is 0.778. The van der Waals surface area contributed by atoms with E-state index in [0.29, 0.717) is 11.8 Å². The van der Waals surface area contributed by atoms with E-state index in [2.05, 4.69) is 26.0 Å². The van der Waals surface area contributed by atoms with Gasteiger partial charge in [0, 0.05) is 0 Å². The molecule has 3 aliphatic carbocycles. The summed E-state index contributed by atoms with van der Waals surface area (Å²) in [6.07, 6.45) is 18.4. The summed E-state index contributed by atoms with van der Waals surface area (Å²) in [5, 5.41) is 0. The molecule has 5 atom stereocenters. The Kier molecular flexibility index (Phi) is 6.79. The predicted octanol–water partition coefficient (Wildman–Crippen LogP) is 8.22. The molecule has 0 aliphatic heterocycles. The average molecular weight is 385 g/mol. The summed E-state index contributed by atoms with van der Waals surface area (Å²) in [5.74, 6) is 4.15. The zero-order chi connectivity index (χ0) is 19.5. The number of hydrogen-bond acceptors (Lipinski definition) is 0. The maximum absolute atomic E-state index is 15.4. The van der Waals surface area contributed by atoms with Crippen LogP contribution in [0.3, 0.4) is 0 Å². The van der Waals surface area contributed by atoms with Gasteiger partial charge in [-0.05, 0) is 97.6 Å². The SMILES string of the molecule is CCCCCCC1CCC2CC(c3ccc4c(c3F)CCC(C)C4)CCC2C1. The minimum atomic E-state index is 0.178. The van der Waals surface area contributed by atoms with E-state index in [1.807, 2.05) is 0 Å². The van der Waals surface area contributed by atoms with Crippen LogP contribution >= 0.6 is 0 Å². The molecular weight excluding hydrogens is 343 g/mol. The first kappa shape index (κ1) is 20.4. The standard InChI is InChI=1S/C27H41F/c1-3-4-5-6-7-20-9-10-22-18-24(12-11-21(22)17-20)26-15-13-23-16-19(2)8-14-25(23)27(26)28/h13,15,19-22,24H,3-12,14,16-18H2,1-2H3. The molecule has 156 valence electrons. The monoisotopic (exact) mass is 384 g/mol. The van der Waals surface area contributed by atoms with Crippen LogP contribution in [0.1, 0.15) is 114 Å². The van der Waals surface area contributed by atoms with Gasteiger partial charge in [0.2, 0.25) is 0 Å². The van der Waals surface area contributed by atoms with Crippen molar-refractivity contribution in [1.29, 1.82) is 0 Å². The van der Waals surface area contributed by atoms with Gasteiger partial charge in [-0.25, -0.2) is 4.39 Å². The van der Waals surface area contributed by atoms with E-state index >= 15 is 4.39 Å². The Morgan fingerprint density at radius 1 is 0.929 bits per heavy atom. The van der Waals surface area contributed by atoms with Crippen molar-refractivity contribution in [3.8, 4) is 0 Å². The van der Waals surface area contributed by atoms with Gasteiger partial charge in [-0.15, -0.1) is 0 Å². The minimum absolute atomic E-state index is 0.178. The minimum Gasteiger partial charge on any atom is -0.206 e. The first-order chi connectivity index (χ1) is 13.7. The Morgan fingerprint density at radius 2 is 1.75 bits per heavy atom. The summed E-state index contributed by atoms with van der Waals surface area (Å²) in [6, 6.07) is 4.43. The summed E-state index contributed by atoms with van der Waals surface area (Å²) in [7, 11) is 0. The second-order valence-corrected chi connectivity index (χ2v) is 10.5. The molecule has 0 N–H and O–H groups in total. The number of fused-ring (bicyclic) bond motifs is 2. The molecule has 0 amide bonds. The first-order valence-electron chi connectivity index (χ1n) is 12.5. The lowest BCUT2D eigenvalue weighted by molar-refractivity contribution is 0.112. The second kappa shape index (κ2) is 9.31. The van der Waals surface area contributed by atoms with Crippen molar-refractivity contribution in [1.82, 2.24) is 0 Å². The highest BCUT2D eigenvalue weighted by atomic mass is 19.1. The molecule has 28 heavy (non-hydrogen) atoms. The van der Waals surface area contributed by atoms with E-state index in [1.165, 1.54) is 76.2 Å². The fourth-order valence-electron chi connectivity index (χ4n) is 6.72. The molecule has 0 heterocycles. The van der Waals surface area contributed by atoms with Crippen LogP contribution in [0.2, 0.25) is 0 Å². The molecule has 4 rings (SSSR count). The highest BCUT2D eigenvalue weighted by molar-refractivity contribution is 5.38. The fourth-order valence-corrected chi connectivity index (χ4v) is 6.72. The number of unbranched alkanes of at least 4 members (excludes halogenated alkanes) is 3. The van der Waals surface area contributed by atoms with Crippen molar-refractivity contribution in [3.05, 3.63) is 34.6 Å². The molecular formula is C27H41F. The van der Waals surface area contributed by atoms with Crippen molar-refractivity contribution >= 4 is 0 Å². The summed E-state index contributed by atoms with van der Waals surface area (Å²) >= 11 is 0. The molecule has 1 heteroatoms. The third-order valence-corrected chi connectivity index (χ3v) is 8.45. The molecule has 0 spiro atoms. The van der Waals surface area contributed by atoms with Gasteiger partial charge in [-0.3, -0.25) is 0 Å². The molecule has 0 radical (unpaired) electrons. The van der Waals surface area contributed by atoms with Crippen LogP contribution in [0.25, 0.3) is 0 Å². The zero-order valence-corrected chi connectivity index (χ0v) is 18.3. The molecule has 1 aromatic carbocycles. The van der Waals surface area contributed by atoms with Gasteiger partial charge in [0.1, 0.15) is 5.82 Å². The van der Waals surface area contributed by atoms with E-state index in [1.54, 1.807) is 0 Å². The van der Waals surface area contributed by atoms with Crippen molar-refractivity contribution in [3.63, 3.8) is 0 Å². The van der Waals surface area contributed by atoms with E-state index < -0.39 is 0 Å². The normalized spacial score (nSPS) is 32.6. The van der Waals surface area contributed by atoms with Gasteiger partial charge in [0.25, 0.3) is 0 Å². The molecule has 2 saturated carbocycles. The molecule has 0 saturated heterocycles. The number of benzene rings is 1. The Bertz CT molecular complexity index is 648. The van der Waals surface area contributed by atoms with Crippen LogP contribution in [0.4, 0.5) is 4.39 Å². The van der Waals surface area contributed by atoms with Crippen molar-refractivity contribution in [2.75, 3.05) is 0 Å². The first-order valence-corrected chi connectivity index (χ1v) is 12.5. The third-order valence-electron chi connectivity index (χ3n) is 8.45. The number of halogens is 1. The van der Waals surface area contributed by atoms with Gasteiger partial charge in [-0.1, -0.05) is 64.5 Å². The van der Waals surface area contributed by atoms with Crippen LogP contribution in [0.5, 0.6) is 0 Å². The molecule has 0 nitrogen and oxygen atoms in total. The maximum Gasteiger partial charge on any atom is 0.130 e. The van der Waals surface area contributed by atoms with E-state index in [4.69, 9.17) is 0 Å². The largest absolute Gasteiger partial charge is 0.206 e. The molecule has 2 fully saturated rings. The van der Waals surface area contributed by atoms with E-state index in [9.17, 15) is 0 Å². The number of rotatable bonds is 6. The highest BCUT2D eigenvalue weighted by Gasteiger charge is 2.37. The Hall–Kier alpha value is -0.850. The average Bonchev–Trinajstić information content (AvgIpc) is 2.71. The quantitative estimate of drug-likeness (QED) is 0.433. The Morgan fingerprint density at radius 3 is 2.61 bits per heavy atom. The molecule has 0 aromatic heterocycles. The third kappa shape index (κ3) is 4.49. The molecule has 0 bridgehead atoms. The summed E-state index contributed by atoms with van der Waals surface area (Å²) < 4.78 is 15.4.